The minimum atomic E-state index is -0.359. The van der Waals surface area contributed by atoms with Gasteiger partial charge < -0.3 is 9.64 Å². The molecule has 2 saturated heterocycles. The predicted molar refractivity (Wildman–Crippen MR) is 139 cm³/mol. The van der Waals surface area contributed by atoms with Gasteiger partial charge in [-0.15, -0.1) is 0 Å². The molecular formula is C29H37N3O3. The molecule has 0 unspecified atom stereocenters. The van der Waals surface area contributed by atoms with Crippen LogP contribution in [0.5, 0.6) is 0 Å². The molecule has 4 rings (SSSR count). The smallest absolute Gasteiger partial charge is 0.330 e. The number of benzene rings is 2. The average Bonchev–Trinajstić information content (AvgIpc) is 3.38. The van der Waals surface area contributed by atoms with E-state index in [1.165, 1.54) is 37.2 Å². The van der Waals surface area contributed by atoms with Crippen molar-refractivity contribution in [3.05, 3.63) is 76.9 Å². The number of carbonyl (C=O) groups is 2. The Kier molecular flexibility index (Phi) is 8.37. The molecule has 2 aromatic carbocycles. The lowest BCUT2D eigenvalue weighted by Crippen LogP contribution is -2.57. The van der Waals surface area contributed by atoms with E-state index in [1.807, 2.05) is 29.2 Å². The third kappa shape index (κ3) is 6.59. The lowest BCUT2D eigenvalue weighted by Gasteiger charge is -2.44. The van der Waals surface area contributed by atoms with E-state index in [0.717, 1.165) is 50.4 Å². The summed E-state index contributed by atoms with van der Waals surface area (Å²) in [6, 6.07) is 16.9. The number of carbonyl (C=O) groups excluding carboxylic acids is 2. The van der Waals surface area contributed by atoms with Crippen molar-refractivity contribution in [1.82, 2.24) is 14.7 Å². The van der Waals surface area contributed by atoms with E-state index >= 15 is 0 Å². The molecule has 0 spiro atoms. The number of esters is 1. The molecule has 2 aliphatic heterocycles. The van der Waals surface area contributed by atoms with Gasteiger partial charge in [0.2, 0.25) is 0 Å². The SMILES string of the molecule is COC(=O)/C=C/c1ccc(CN2[C@H](C)CN(C(=O)c3cccc(CN4CCCC4)c3)C[C@@H]2C)cc1. The number of likely N-dealkylation sites (tertiary alicyclic amines) is 1. The zero-order valence-corrected chi connectivity index (χ0v) is 21.2. The van der Waals surface area contributed by atoms with Gasteiger partial charge in [0, 0.05) is 49.9 Å². The van der Waals surface area contributed by atoms with Crippen molar-refractivity contribution in [2.75, 3.05) is 33.3 Å². The summed E-state index contributed by atoms with van der Waals surface area (Å²) in [5.41, 5.74) is 4.20. The standard InChI is InChI=1S/C29H37N3O3/c1-22-18-31(29(34)27-8-6-7-26(17-27)20-30-15-4-5-16-30)19-23(2)32(22)21-25-11-9-24(10-12-25)13-14-28(33)35-3/h6-14,17,22-23H,4-5,15-16,18-21H2,1-3H3/b14-13+/t22-,23+. The highest BCUT2D eigenvalue weighted by atomic mass is 16.5. The molecule has 2 fully saturated rings. The average molecular weight is 476 g/mol. The summed E-state index contributed by atoms with van der Waals surface area (Å²) in [6.45, 7) is 9.92. The van der Waals surface area contributed by atoms with Crippen LogP contribution < -0.4 is 0 Å². The van der Waals surface area contributed by atoms with Gasteiger partial charge in [0.25, 0.3) is 5.91 Å². The molecule has 186 valence electrons. The fraction of sp³-hybridized carbons (Fsp3) is 0.448. The summed E-state index contributed by atoms with van der Waals surface area (Å²) in [5, 5.41) is 0. The molecule has 0 aliphatic carbocycles. The van der Waals surface area contributed by atoms with Crippen LogP contribution in [0.25, 0.3) is 6.08 Å². The second-order valence-corrected chi connectivity index (χ2v) is 9.86. The number of hydrogen-bond donors (Lipinski definition) is 0. The van der Waals surface area contributed by atoms with Crippen molar-refractivity contribution < 1.29 is 14.3 Å². The van der Waals surface area contributed by atoms with Gasteiger partial charge in [-0.2, -0.15) is 0 Å². The van der Waals surface area contributed by atoms with Crippen LogP contribution in [0, 0.1) is 0 Å². The third-order valence-electron chi connectivity index (χ3n) is 7.13. The summed E-state index contributed by atoms with van der Waals surface area (Å²) < 4.78 is 4.64. The maximum Gasteiger partial charge on any atom is 0.330 e. The van der Waals surface area contributed by atoms with E-state index < -0.39 is 0 Å². The Labute approximate surface area is 209 Å². The van der Waals surface area contributed by atoms with E-state index in [0.29, 0.717) is 0 Å². The number of ether oxygens (including phenoxy) is 1. The molecule has 35 heavy (non-hydrogen) atoms. The van der Waals surface area contributed by atoms with Crippen LogP contribution >= 0.6 is 0 Å². The van der Waals surface area contributed by atoms with Gasteiger partial charge in [0.05, 0.1) is 7.11 Å². The first kappa shape index (κ1) is 25.1. The number of amides is 1. The number of piperazine rings is 1. The maximum atomic E-state index is 13.4. The van der Waals surface area contributed by atoms with Crippen LogP contribution in [0.15, 0.2) is 54.6 Å². The summed E-state index contributed by atoms with van der Waals surface area (Å²) in [7, 11) is 1.37. The molecule has 2 aliphatic rings. The Bertz CT molecular complexity index is 1030. The molecule has 0 bridgehead atoms. The molecule has 1 amide bonds. The Balaban J connectivity index is 1.35. The first-order chi connectivity index (χ1) is 16.9. The van der Waals surface area contributed by atoms with Gasteiger partial charge in [-0.3, -0.25) is 14.6 Å². The first-order valence-corrected chi connectivity index (χ1v) is 12.6. The Morgan fingerprint density at radius 3 is 2.29 bits per heavy atom. The van der Waals surface area contributed by atoms with E-state index in [2.05, 4.69) is 52.6 Å². The molecule has 0 aromatic heterocycles. The van der Waals surface area contributed by atoms with Crippen molar-refractivity contribution in [3.63, 3.8) is 0 Å². The molecule has 6 nitrogen and oxygen atoms in total. The van der Waals surface area contributed by atoms with Crippen LogP contribution in [0.1, 0.15) is 53.7 Å². The lowest BCUT2D eigenvalue weighted by molar-refractivity contribution is -0.134. The zero-order chi connectivity index (χ0) is 24.8. The number of rotatable bonds is 7. The highest BCUT2D eigenvalue weighted by molar-refractivity contribution is 5.94. The van der Waals surface area contributed by atoms with Crippen LogP contribution in [0.4, 0.5) is 0 Å². The fourth-order valence-corrected chi connectivity index (χ4v) is 5.20. The van der Waals surface area contributed by atoms with Crippen LogP contribution in [0.3, 0.4) is 0 Å². The molecule has 0 saturated carbocycles. The summed E-state index contributed by atoms with van der Waals surface area (Å²) >= 11 is 0. The predicted octanol–water partition coefficient (Wildman–Crippen LogP) is 4.20. The molecule has 6 heteroatoms. The summed E-state index contributed by atoms with van der Waals surface area (Å²) in [5.74, 6) is -0.226. The second kappa shape index (κ2) is 11.6. The third-order valence-corrected chi connectivity index (χ3v) is 7.13. The van der Waals surface area contributed by atoms with Gasteiger partial charge in [0.15, 0.2) is 0 Å². The summed E-state index contributed by atoms with van der Waals surface area (Å²) in [4.78, 5) is 31.6. The molecule has 2 heterocycles. The minimum Gasteiger partial charge on any atom is -0.466 e. The zero-order valence-electron chi connectivity index (χ0n) is 21.2. The molecule has 2 atom stereocenters. The van der Waals surface area contributed by atoms with Crippen LogP contribution in [-0.2, 0) is 22.6 Å². The Hall–Kier alpha value is -2.96. The largest absolute Gasteiger partial charge is 0.466 e. The molecule has 0 radical (unpaired) electrons. The Morgan fingerprint density at radius 2 is 1.63 bits per heavy atom. The van der Waals surface area contributed by atoms with Gasteiger partial charge in [-0.25, -0.2) is 4.79 Å². The quantitative estimate of drug-likeness (QED) is 0.444. The van der Waals surface area contributed by atoms with Gasteiger partial charge in [-0.05, 0) is 74.7 Å². The number of hydrogen-bond acceptors (Lipinski definition) is 5. The maximum absolute atomic E-state index is 13.4. The first-order valence-electron chi connectivity index (χ1n) is 12.6. The van der Waals surface area contributed by atoms with Gasteiger partial charge in [-0.1, -0.05) is 36.4 Å². The topological polar surface area (TPSA) is 53.1 Å². The van der Waals surface area contributed by atoms with Crippen LogP contribution in [0.2, 0.25) is 0 Å². The highest BCUT2D eigenvalue weighted by Gasteiger charge is 2.32. The number of methoxy groups -OCH3 is 1. The van der Waals surface area contributed by atoms with E-state index in [9.17, 15) is 9.59 Å². The van der Waals surface area contributed by atoms with Crippen molar-refractivity contribution in [2.45, 2.75) is 51.9 Å². The van der Waals surface area contributed by atoms with Gasteiger partial charge >= 0.3 is 5.97 Å². The van der Waals surface area contributed by atoms with E-state index in [-0.39, 0.29) is 24.0 Å². The van der Waals surface area contributed by atoms with E-state index in [4.69, 9.17) is 0 Å². The lowest BCUT2D eigenvalue weighted by atomic mass is 10.0. The normalized spacial score (nSPS) is 21.5. The van der Waals surface area contributed by atoms with E-state index in [1.54, 1.807) is 6.08 Å². The van der Waals surface area contributed by atoms with Crippen molar-refractivity contribution in [2.24, 2.45) is 0 Å². The Morgan fingerprint density at radius 1 is 0.943 bits per heavy atom. The molecular weight excluding hydrogens is 438 g/mol. The van der Waals surface area contributed by atoms with Crippen molar-refractivity contribution in [3.8, 4) is 0 Å². The monoisotopic (exact) mass is 475 g/mol. The second-order valence-electron chi connectivity index (χ2n) is 9.86. The molecule has 0 N–H and O–H groups in total. The minimum absolute atomic E-state index is 0.133. The number of nitrogens with zero attached hydrogens (tertiary/aromatic N) is 3. The van der Waals surface area contributed by atoms with Crippen molar-refractivity contribution in [1.29, 1.82) is 0 Å². The summed E-state index contributed by atoms with van der Waals surface area (Å²) in [6.07, 6.45) is 5.73. The fourth-order valence-electron chi connectivity index (χ4n) is 5.20. The van der Waals surface area contributed by atoms with Crippen LogP contribution in [-0.4, -0.2) is 71.9 Å². The molecule has 2 aromatic rings. The highest BCUT2D eigenvalue weighted by Crippen LogP contribution is 2.22. The van der Waals surface area contributed by atoms with Gasteiger partial charge in [0.1, 0.15) is 0 Å². The van der Waals surface area contributed by atoms with Crippen molar-refractivity contribution >= 4 is 18.0 Å².